The molecule has 5 nitrogen and oxygen atoms in total. The highest BCUT2D eigenvalue weighted by atomic mass is 16.5. The quantitative estimate of drug-likeness (QED) is 0.807. The third kappa shape index (κ3) is 5.58. The van der Waals surface area contributed by atoms with Crippen LogP contribution in [0.4, 0.5) is 0 Å². The van der Waals surface area contributed by atoms with E-state index in [2.05, 4.69) is 6.07 Å². The number of likely N-dealkylation sites (N-methyl/N-ethyl adjacent to an activating group) is 1. The van der Waals surface area contributed by atoms with E-state index in [0.717, 1.165) is 17.9 Å². The Balaban J connectivity index is 1.75. The number of aliphatic hydroxyl groups excluding tert-OH is 1. The fourth-order valence-electron chi connectivity index (χ4n) is 2.34. The molecule has 0 heterocycles. The van der Waals surface area contributed by atoms with E-state index in [1.54, 1.807) is 31.4 Å². The molecule has 0 amide bonds. The molecule has 0 spiro atoms. The number of hydrogen-bond donors (Lipinski definition) is 1. The van der Waals surface area contributed by atoms with Gasteiger partial charge in [-0.05, 0) is 49.0 Å². The van der Waals surface area contributed by atoms with Gasteiger partial charge in [0.15, 0.2) is 0 Å². The summed E-state index contributed by atoms with van der Waals surface area (Å²) in [6.45, 7) is 1.44. The number of benzene rings is 2. The Bertz CT molecular complexity index is 663. The summed E-state index contributed by atoms with van der Waals surface area (Å²) in [5.41, 5.74) is 1.74. The molecule has 126 valence electrons. The molecule has 24 heavy (non-hydrogen) atoms. The van der Waals surface area contributed by atoms with Gasteiger partial charge in [0.1, 0.15) is 24.2 Å². The van der Waals surface area contributed by atoms with Crippen LogP contribution in [-0.4, -0.2) is 43.4 Å². The molecule has 2 rings (SSSR count). The zero-order valence-electron chi connectivity index (χ0n) is 14.0. The zero-order valence-corrected chi connectivity index (χ0v) is 14.0. The molecule has 5 heteroatoms. The summed E-state index contributed by atoms with van der Waals surface area (Å²) in [4.78, 5) is 2.04. The van der Waals surface area contributed by atoms with Crippen LogP contribution in [0.5, 0.6) is 11.5 Å². The molecule has 1 atom stereocenters. The Morgan fingerprint density at radius 3 is 2.29 bits per heavy atom. The van der Waals surface area contributed by atoms with Gasteiger partial charge in [-0.25, -0.2) is 0 Å². The van der Waals surface area contributed by atoms with E-state index >= 15 is 0 Å². The third-order valence-corrected chi connectivity index (χ3v) is 3.56. The summed E-state index contributed by atoms with van der Waals surface area (Å²) in [6.07, 6.45) is -0.594. The van der Waals surface area contributed by atoms with E-state index in [4.69, 9.17) is 14.7 Å². The molecule has 0 aromatic heterocycles. The maximum absolute atomic E-state index is 10.1. The van der Waals surface area contributed by atoms with Gasteiger partial charge in [-0.15, -0.1) is 0 Å². The number of methoxy groups -OCH3 is 1. The van der Waals surface area contributed by atoms with Crippen LogP contribution in [0.1, 0.15) is 11.1 Å². The van der Waals surface area contributed by atoms with E-state index in [0.29, 0.717) is 17.9 Å². The monoisotopic (exact) mass is 326 g/mol. The Labute approximate surface area is 142 Å². The Morgan fingerprint density at radius 1 is 1.08 bits per heavy atom. The molecule has 1 N–H and O–H groups in total. The van der Waals surface area contributed by atoms with Crippen molar-refractivity contribution in [3.8, 4) is 17.6 Å². The van der Waals surface area contributed by atoms with Crippen LogP contribution in [0.15, 0.2) is 48.5 Å². The summed E-state index contributed by atoms with van der Waals surface area (Å²) in [6, 6.07) is 16.8. The topological polar surface area (TPSA) is 65.7 Å². The third-order valence-electron chi connectivity index (χ3n) is 3.56. The van der Waals surface area contributed by atoms with Gasteiger partial charge in [-0.2, -0.15) is 5.26 Å². The minimum Gasteiger partial charge on any atom is -0.497 e. The van der Waals surface area contributed by atoms with Crippen molar-refractivity contribution in [2.75, 3.05) is 27.3 Å². The van der Waals surface area contributed by atoms with Gasteiger partial charge in [0, 0.05) is 13.1 Å². The molecule has 0 saturated heterocycles. The summed E-state index contributed by atoms with van der Waals surface area (Å²) < 4.78 is 10.7. The molecule has 1 unspecified atom stereocenters. The molecule has 0 saturated carbocycles. The summed E-state index contributed by atoms with van der Waals surface area (Å²) in [5, 5.41) is 18.9. The van der Waals surface area contributed by atoms with Crippen molar-refractivity contribution in [1.29, 1.82) is 5.26 Å². The second kappa shape index (κ2) is 8.92. The van der Waals surface area contributed by atoms with Gasteiger partial charge in [0.25, 0.3) is 0 Å². The smallest absolute Gasteiger partial charge is 0.119 e. The molecular weight excluding hydrogens is 304 g/mol. The van der Waals surface area contributed by atoms with Gasteiger partial charge < -0.3 is 14.6 Å². The molecule has 2 aromatic carbocycles. The van der Waals surface area contributed by atoms with Crippen molar-refractivity contribution in [1.82, 2.24) is 4.90 Å². The van der Waals surface area contributed by atoms with Crippen LogP contribution in [0.2, 0.25) is 0 Å². The normalized spacial score (nSPS) is 11.8. The molecule has 2 aromatic rings. The zero-order chi connectivity index (χ0) is 17.4. The second-order valence-corrected chi connectivity index (χ2v) is 5.65. The van der Waals surface area contributed by atoms with Crippen molar-refractivity contribution < 1.29 is 14.6 Å². The number of ether oxygens (including phenoxy) is 2. The van der Waals surface area contributed by atoms with Gasteiger partial charge in [0.2, 0.25) is 0 Å². The van der Waals surface area contributed by atoms with Crippen LogP contribution in [0, 0.1) is 11.3 Å². The van der Waals surface area contributed by atoms with Gasteiger partial charge in [-0.3, -0.25) is 4.90 Å². The predicted octanol–water partition coefficient (Wildman–Crippen LogP) is 2.44. The first-order valence-electron chi connectivity index (χ1n) is 7.73. The van der Waals surface area contributed by atoms with Gasteiger partial charge in [-0.1, -0.05) is 12.1 Å². The highest BCUT2D eigenvalue weighted by Crippen LogP contribution is 2.14. The fourth-order valence-corrected chi connectivity index (χ4v) is 2.34. The minimum atomic E-state index is -0.594. The molecule has 0 bridgehead atoms. The van der Waals surface area contributed by atoms with Crippen LogP contribution >= 0.6 is 0 Å². The Hall–Kier alpha value is -2.55. The fraction of sp³-hybridized carbons (Fsp3) is 0.316. The summed E-state index contributed by atoms with van der Waals surface area (Å²) >= 11 is 0. The summed E-state index contributed by atoms with van der Waals surface area (Å²) in [7, 11) is 3.60. The SMILES string of the molecule is COc1ccc(CN(C)CC(O)COc2ccc(C#N)cc2)cc1. The van der Waals surface area contributed by atoms with Crippen LogP contribution in [0.25, 0.3) is 0 Å². The molecule has 0 aliphatic rings. The lowest BCUT2D eigenvalue weighted by atomic mass is 10.2. The van der Waals surface area contributed by atoms with Crippen molar-refractivity contribution in [3.63, 3.8) is 0 Å². The van der Waals surface area contributed by atoms with Crippen molar-refractivity contribution in [2.24, 2.45) is 0 Å². The minimum absolute atomic E-state index is 0.207. The second-order valence-electron chi connectivity index (χ2n) is 5.65. The van der Waals surface area contributed by atoms with Gasteiger partial charge in [0.05, 0.1) is 18.7 Å². The lowest BCUT2D eigenvalue weighted by Gasteiger charge is -2.21. The van der Waals surface area contributed by atoms with E-state index in [9.17, 15) is 5.11 Å². The molecule has 0 fully saturated rings. The predicted molar refractivity (Wildman–Crippen MR) is 92.0 cm³/mol. The molecule has 0 radical (unpaired) electrons. The standard InChI is InChI=1S/C19H22N2O3/c1-21(12-16-5-7-18(23-2)8-6-16)13-17(22)14-24-19-9-3-15(11-20)4-10-19/h3-10,17,22H,12-14H2,1-2H3. The van der Waals surface area contributed by atoms with Crippen molar-refractivity contribution in [3.05, 3.63) is 59.7 Å². The number of nitriles is 1. The maximum atomic E-state index is 10.1. The molecular formula is C19H22N2O3. The highest BCUT2D eigenvalue weighted by Gasteiger charge is 2.10. The number of aliphatic hydroxyl groups is 1. The first-order chi connectivity index (χ1) is 11.6. The highest BCUT2D eigenvalue weighted by molar-refractivity contribution is 5.34. The van der Waals surface area contributed by atoms with Crippen molar-refractivity contribution >= 4 is 0 Å². The average Bonchev–Trinajstić information content (AvgIpc) is 2.61. The van der Waals surface area contributed by atoms with E-state index in [1.807, 2.05) is 36.2 Å². The first-order valence-corrected chi connectivity index (χ1v) is 7.73. The molecule has 0 aliphatic carbocycles. The summed E-state index contributed by atoms with van der Waals surface area (Å²) in [5.74, 6) is 1.48. The lowest BCUT2D eigenvalue weighted by molar-refractivity contribution is 0.0744. The lowest BCUT2D eigenvalue weighted by Crippen LogP contribution is -2.32. The number of hydrogen-bond acceptors (Lipinski definition) is 5. The number of nitrogens with zero attached hydrogens (tertiary/aromatic N) is 2. The van der Waals surface area contributed by atoms with Gasteiger partial charge >= 0.3 is 0 Å². The van der Waals surface area contributed by atoms with Crippen LogP contribution in [0.3, 0.4) is 0 Å². The Kier molecular flexibility index (Phi) is 6.62. The molecule has 0 aliphatic heterocycles. The van der Waals surface area contributed by atoms with Crippen molar-refractivity contribution in [2.45, 2.75) is 12.6 Å². The average molecular weight is 326 g/mol. The Morgan fingerprint density at radius 2 is 1.71 bits per heavy atom. The number of rotatable bonds is 8. The van der Waals surface area contributed by atoms with Crippen LogP contribution < -0.4 is 9.47 Å². The maximum Gasteiger partial charge on any atom is 0.119 e. The van der Waals surface area contributed by atoms with E-state index in [-0.39, 0.29) is 6.61 Å². The van der Waals surface area contributed by atoms with Crippen LogP contribution in [-0.2, 0) is 6.54 Å². The largest absolute Gasteiger partial charge is 0.497 e. The van der Waals surface area contributed by atoms with E-state index < -0.39 is 6.10 Å². The first kappa shape index (κ1) is 17.8. The van der Waals surface area contributed by atoms with E-state index in [1.165, 1.54) is 0 Å².